The first-order valence-corrected chi connectivity index (χ1v) is 7.01. The molecule has 1 saturated carbocycles. The van der Waals surface area contributed by atoms with Crippen molar-refractivity contribution in [1.29, 1.82) is 0 Å². The summed E-state index contributed by atoms with van der Waals surface area (Å²) < 4.78 is 5.66. The molecule has 5 heteroatoms. The van der Waals surface area contributed by atoms with E-state index < -0.39 is 0 Å². The number of nitrogens with one attached hydrogen (secondary N) is 1. The largest absolute Gasteiger partial charge is 0.424 e. The van der Waals surface area contributed by atoms with Crippen LogP contribution in [0.5, 0.6) is 11.8 Å². The van der Waals surface area contributed by atoms with Crippen LogP contribution in [0.1, 0.15) is 24.2 Å². The van der Waals surface area contributed by atoms with E-state index in [1.807, 2.05) is 38.1 Å². The zero-order chi connectivity index (χ0) is 14.8. The van der Waals surface area contributed by atoms with Gasteiger partial charge in [0.05, 0.1) is 0 Å². The minimum Gasteiger partial charge on any atom is -0.424 e. The molecule has 1 aliphatic rings. The van der Waals surface area contributed by atoms with E-state index in [9.17, 15) is 4.79 Å². The van der Waals surface area contributed by atoms with Crippen LogP contribution in [0.2, 0.25) is 0 Å². The molecule has 1 fully saturated rings. The molecule has 21 heavy (non-hydrogen) atoms. The zero-order valence-electron chi connectivity index (χ0n) is 12.1. The van der Waals surface area contributed by atoms with E-state index in [2.05, 4.69) is 15.3 Å². The number of rotatable bonds is 4. The highest BCUT2D eigenvalue weighted by Crippen LogP contribution is 2.30. The molecular weight excluding hydrogens is 266 g/mol. The summed E-state index contributed by atoms with van der Waals surface area (Å²) in [7, 11) is 0. The summed E-state index contributed by atoms with van der Waals surface area (Å²) in [4.78, 5) is 20.2. The smallest absolute Gasteiger partial charge is 0.322 e. The van der Waals surface area contributed by atoms with Gasteiger partial charge in [-0.1, -0.05) is 6.07 Å². The van der Waals surface area contributed by atoms with E-state index in [0.29, 0.717) is 11.8 Å². The van der Waals surface area contributed by atoms with E-state index in [1.165, 1.54) is 0 Å². The van der Waals surface area contributed by atoms with Gasteiger partial charge in [0.15, 0.2) is 0 Å². The van der Waals surface area contributed by atoms with Crippen molar-refractivity contribution in [3.05, 3.63) is 41.7 Å². The Kier molecular flexibility index (Phi) is 3.56. The summed E-state index contributed by atoms with van der Waals surface area (Å²) in [6.07, 6.45) is 1.97. The molecule has 2 aromatic rings. The Morgan fingerprint density at radius 3 is 2.57 bits per heavy atom. The Morgan fingerprint density at radius 2 is 1.90 bits per heavy atom. The van der Waals surface area contributed by atoms with Crippen molar-refractivity contribution in [3.63, 3.8) is 0 Å². The van der Waals surface area contributed by atoms with Crippen LogP contribution in [-0.2, 0) is 4.79 Å². The zero-order valence-corrected chi connectivity index (χ0v) is 12.1. The Balaban J connectivity index is 1.74. The normalized spacial score (nSPS) is 13.8. The summed E-state index contributed by atoms with van der Waals surface area (Å²) in [5.74, 6) is 0.862. The highest BCUT2D eigenvalue weighted by Gasteiger charge is 2.29. The monoisotopic (exact) mass is 283 g/mol. The summed E-state index contributed by atoms with van der Waals surface area (Å²) in [6.45, 7) is 3.79. The van der Waals surface area contributed by atoms with Crippen molar-refractivity contribution in [2.45, 2.75) is 26.7 Å². The van der Waals surface area contributed by atoms with Gasteiger partial charge in [-0.3, -0.25) is 4.79 Å². The van der Waals surface area contributed by atoms with Gasteiger partial charge in [0.1, 0.15) is 5.75 Å². The summed E-state index contributed by atoms with van der Waals surface area (Å²) >= 11 is 0. The van der Waals surface area contributed by atoms with Gasteiger partial charge >= 0.3 is 6.01 Å². The fourth-order valence-electron chi connectivity index (χ4n) is 2.07. The summed E-state index contributed by atoms with van der Waals surface area (Å²) in [6, 6.07) is 9.47. The second kappa shape index (κ2) is 5.52. The molecule has 3 rings (SSSR count). The number of nitrogens with zero attached hydrogens (tertiary/aromatic N) is 2. The summed E-state index contributed by atoms with van der Waals surface area (Å²) in [5.41, 5.74) is 2.44. The third-order valence-corrected chi connectivity index (χ3v) is 3.22. The van der Waals surface area contributed by atoms with Gasteiger partial charge in [0.25, 0.3) is 0 Å². The molecule has 0 spiro atoms. The molecule has 1 amide bonds. The number of aryl methyl sites for hydroxylation is 2. The van der Waals surface area contributed by atoms with Crippen molar-refractivity contribution >= 4 is 11.6 Å². The van der Waals surface area contributed by atoms with Crippen molar-refractivity contribution < 1.29 is 9.53 Å². The van der Waals surface area contributed by atoms with Gasteiger partial charge in [-0.2, -0.15) is 0 Å². The molecule has 1 heterocycles. The maximum absolute atomic E-state index is 11.8. The van der Waals surface area contributed by atoms with Crippen LogP contribution in [0.25, 0.3) is 0 Å². The molecule has 0 atom stereocenters. The number of benzene rings is 1. The number of aromatic nitrogens is 2. The van der Waals surface area contributed by atoms with Crippen LogP contribution in [-0.4, -0.2) is 15.9 Å². The number of anilines is 1. The van der Waals surface area contributed by atoms with E-state index >= 15 is 0 Å². The van der Waals surface area contributed by atoms with Crippen LogP contribution in [0.15, 0.2) is 30.3 Å². The van der Waals surface area contributed by atoms with Crippen molar-refractivity contribution in [1.82, 2.24) is 9.97 Å². The number of amides is 1. The third-order valence-electron chi connectivity index (χ3n) is 3.22. The predicted molar refractivity (Wildman–Crippen MR) is 79.4 cm³/mol. The minimum absolute atomic E-state index is 0.0785. The second-order valence-corrected chi connectivity index (χ2v) is 5.33. The topological polar surface area (TPSA) is 64.1 Å². The van der Waals surface area contributed by atoms with E-state index in [4.69, 9.17) is 4.74 Å². The number of hydrogen-bond donors (Lipinski definition) is 1. The number of carbonyl (C=O) groups is 1. The van der Waals surface area contributed by atoms with E-state index in [1.54, 1.807) is 6.07 Å². The predicted octanol–water partition coefficient (Wildman–Crippen LogP) is 3.23. The number of hydrogen-bond acceptors (Lipinski definition) is 4. The molecule has 0 aliphatic heterocycles. The number of carbonyl (C=O) groups excluding carboxylic acids is 1. The van der Waals surface area contributed by atoms with Crippen LogP contribution >= 0.6 is 0 Å². The SMILES string of the molecule is Cc1cc(C)nc(Oc2cccc(NC(=O)C3CC3)c2)n1. The number of ether oxygens (including phenoxy) is 1. The van der Waals surface area contributed by atoms with Gasteiger partial charge in [0, 0.05) is 29.1 Å². The summed E-state index contributed by atoms with van der Waals surface area (Å²) in [5, 5.41) is 2.89. The highest BCUT2D eigenvalue weighted by atomic mass is 16.5. The first kappa shape index (κ1) is 13.5. The maximum atomic E-state index is 11.8. The van der Waals surface area contributed by atoms with Gasteiger partial charge in [-0.05, 0) is 44.9 Å². The molecule has 0 saturated heterocycles. The molecule has 1 aliphatic carbocycles. The molecule has 108 valence electrons. The molecular formula is C16H17N3O2. The third kappa shape index (κ3) is 3.56. The first-order chi connectivity index (χ1) is 10.1. The standard InChI is InChI=1S/C16H17N3O2/c1-10-8-11(2)18-16(17-10)21-14-5-3-4-13(9-14)19-15(20)12-6-7-12/h3-5,8-9,12H,6-7H2,1-2H3,(H,19,20). The van der Waals surface area contributed by atoms with Gasteiger partial charge < -0.3 is 10.1 Å². The van der Waals surface area contributed by atoms with Crippen LogP contribution in [0.4, 0.5) is 5.69 Å². The lowest BCUT2D eigenvalue weighted by Gasteiger charge is -2.08. The molecule has 1 aromatic carbocycles. The van der Waals surface area contributed by atoms with Crippen molar-refractivity contribution in [2.75, 3.05) is 5.32 Å². The van der Waals surface area contributed by atoms with Crippen molar-refractivity contribution in [3.8, 4) is 11.8 Å². The first-order valence-electron chi connectivity index (χ1n) is 7.01. The lowest BCUT2D eigenvalue weighted by atomic mass is 10.3. The Morgan fingerprint density at radius 1 is 1.19 bits per heavy atom. The molecule has 1 aromatic heterocycles. The van der Waals surface area contributed by atoms with Gasteiger partial charge in [-0.15, -0.1) is 0 Å². The quantitative estimate of drug-likeness (QED) is 0.935. The van der Waals surface area contributed by atoms with Crippen LogP contribution < -0.4 is 10.1 Å². The average Bonchev–Trinajstić information content (AvgIpc) is 3.21. The van der Waals surface area contributed by atoms with Crippen LogP contribution in [0.3, 0.4) is 0 Å². The second-order valence-electron chi connectivity index (χ2n) is 5.33. The van der Waals surface area contributed by atoms with E-state index in [-0.39, 0.29) is 11.8 Å². The Bertz CT molecular complexity index is 661. The fraction of sp³-hybridized carbons (Fsp3) is 0.312. The molecule has 0 radical (unpaired) electrons. The van der Waals surface area contributed by atoms with Crippen molar-refractivity contribution in [2.24, 2.45) is 5.92 Å². The fourth-order valence-corrected chi connectivity index (χ4v) is 2.07. The molecule has 0 unspecified atom stereocenters. The molecule has 5 nitrogen and oxygen atoms in total. The Labute approximate surface area is 123 Å². The van der Waals surface area contributed by atoms with E-state index in [0.717, 1.165) is 29.9 Å². The van der Waals surface area contributed by atoms with Crippen LogP contribution in [0, 0.1) is 19.8 Å². The average molecular weight is 283 g/mol. The lowest BCUT2D eigenvalue weighted by molar-refractivity contribution is -0.117. The highest BCUT2D eigenvalue weighted by molar-refractivity contribution is 5.94. The van der Waals surface area contributed by atoms with Gasteiger partial charge in [0.2, 0.25) is 5.91 Å². The molecule has 0 bridgehead atoms. The lowest BCUT2D eigenvalue weighted by Crippen LogP contribution is -2.13. The minimum atomic E-state index is 0.0785. The molecule has 1 N–H and O–H groups in total. The maximum Gasteiger partial charge on any atom is 0.322 e. The Hall–Kier alpha value is -2.43. The van der Waals surface area contributed by atoms with Gasteiger partial charge in [-0.25, -0.2) is 9.97 Å².